The van der Waals surface area contributed by atoms with Gasteiger partial charge in [0.15, 0.2) is 0 Å². The predicted molar refractivity (Wildman–Crippen MR) is 77.4 cm³/mol. The zero-order valence-electron chi connectivity index (χ0n) is 11.2. The van der Waals surface area contributed by atoms with Gasteiger partial charge in [0, 0.05) is 11.6 Å². The monoisotopic (exact) mass is 359 g/mol. The molecule has 2 N–H and O–H groups in total. The van der Waals surface area contributed by atoms with Crippen LogP contribution in [0.4, 0.5) is 13.2 Å². The van der Waals surface area contributed by atoms with Gasteiger partial charge < -0.3 is 10.5 Å². The summed E-state index contributed by atoms with van der Waals surface area (Å²) in [7, 11) is 0. The first-order chi connectivity index (χ1) is 9.90. The third-order valence-electron chi connectivity index (χ3n) is 2.97. The molecule has 0 aliphatic heterocycles. The Kier molecular flexibility index (Phi) is 4.90. The Bertz CT molecular complexity index is 662. The fourth-order valence-corrected chi connectivity index (χ4v) is 2.23. The zero-order chi connectivity index (χ0) is 15.6. The number of benzene rings is 2. The number of nitrogens with two attached hydrogens (primary N) is 1. The third kappa shape index (κ3) is 3.57. The Labute approximate surface area is 128 Å². The molecule has 0 unspecified atom stereocenters. The van der Waals surface area contributed by atoms with Crippen LogP contribution in [0.25, 0.3) is 0 Å². The van der Waals surface area contributed by atoms with Crippen LogP contribution >= 0.6 is 15.9 Å². The molecule has 0 bridgehead atoms. The SMILES string of the molecule is C[C@H](N)c1cc(F)ccc1OCc1c(F)ccc(Br)c1F. The van der Waals surface area contributed by atoms with Crippen LogP contribution in [0, 0.1) is 17.5 Å². The first kappa shape index (κ1) is 15.9. The number of halogens is 4. The highest BCUT2D eigenvalue weighted by molar-refractivity contribution is 9.10. The fourth-order valence-electron chi connectivity index (χ4n) is 1.86. The number of ether oxygens (including phenoxy) is 1. The number of hydrogen-bond donors (Lipinski definition) is 1. The molecule has 6 heteroatoms. The quantitative estimate of drug-likeness (QED) is 0.817. The van der Waals surface area contributed by atoms with E-state index >= 15 is 0 Å². The molecule has 0 amide bonds. The van der Waals surface area contributed by atoms with Gasteiger partial charge in [0.25, 0.3) is 0 Å². The molecule has 0 fully saturated rings. The van der Waals surface area contributed by atoms with Gasteiger partial charge in [-0.25, -0.2) is 13.2 Å². The molecular weight excluding hydrogens is 347 g/mol. The van der Waals surface area contributed by atoms with Crippen LogP contribution in [0.5, 0.6) is 5.75 Å². The van der Waals surface area contributed by atoms with E-state index in [4.69, 9.17) is 10.5 Å². The minimum atomic E-state index is -0.723. The number of hydrogen-bond acceptors (Lipinski definition) is 2. The molecule has 112 valence electrons. The average Bonchev–Trinajstić information content (AvgIpc) is 2.44. The van der Waals surface area contributed by atoms with Crippen molar-refractivity contribution >= 4 is 15.9 Å². The first-order valence-electron chi connectivity index (χ1n) is 6.20. The summed E-state index contributed by atoms with van der Waals surface area (Å²) < 4.78 is 46.2. The molecule has 21 heavy (non-hydrogen) atoms. The third-order valence-corrected chi connectivity index (χ3v) is 3.59. The van der Waals surface area contributed by atoms with Crippen molar-refractivity contribution in [3.63, 3.8) is 0 Å². The molecule has 2 aromatic rings. The van der Waals surface area contributed by atoms with Gasteiger partial charge >= 0.3 is 0 Å². The van der Waals surface area contributed by atoms with Crippen molar-refractivity contribution in [2.75, 3.05) is 0 Å². The smallest absolute Gasteiger partial charge is 0.146 e. The Hall–Kier alpha value is -1.53. The van der Waals surface area contributed by atoms with Crippen LogP contribution in [-0.2, 0) is 6.61 Å². The summed E-state index contributed by atoms with van der Waals surface area (Å²) in [6.07, 6.45) is 0. The first-order valence-corrected chi connectivity index (χ1v) is 6.99. The van der Waals surface area contributed by atoms with E-state index < -0.39 is 23.5 Å². The average molecular weight is 360 g/mol. The van der Waals surface area contributed by atoms with Crippen LogP contribution in [0.3, 0.4) is 0 Å². The van der Waals surface area contributed by atoms with Crippen LogP contribution in [0.2, 0.25) is 0 Å². The molecular formula is C15H13BrF3NO. The minimum absolute atomic E-state index is 0.147. The lowest BCUT2D eigenvalue weighted by Gasteiger charge is -2.15. The van der Waals surface area contributed by atoms with Crippen LogP contribution in [0.1, 0.15) is 24.1 Å². The summed E-state index contributed by atoms with van der Waals surface area (Å²) >= 11 is 2.99. The Balaban J connectivity index is 2.27. The van der Waals surface area contributed by atoms with E-state index in [1.807, 2.05) is 0 Å². The van der Waals surface area contributed by atoms with E-state index in [2.05, 4.69) is 15.9 Å². The molecule has 0 radical (unpaired) electrons. The summed E-state index contributed by atoms with van der Waals surface area (Å²) in [4.78, 5) is 0. The van der Waals surface area contributed by atoms with Gasteiger partial charge in [-0.1, -0.05) is 0 Å². The summed E-state index contributed by atoms with van der Waals surface area (Å²) in [5, 5.41) is 0. The molecule has 2 aromatic carbocycles. The zero-order valence-corrected chi connectivity index (χ0v) is 12.8. The van der Waals surface area contributed by atoms with E-state index in [0.717, 1.165) is 6.07 Å². The summed E-state index contributed by atoms with van der Waals surface area (Å²) in [5.74, 6) is -1.58. The van der Waals surface area contributed by atoms with Crippen molar-refractivity contribution in [2.24, 2.45) is 5.73 Å². The second-order valence-electron chi connectivity index (χ2n) is 4.58. The molecule has 0 aliphatic rings. The topological polar surface area (TPSA) is 35.2 Å². The highest BCUT2D eigenvalue weighted by Crippen LogP contribution is 2.27. The van der Waals surface area contributed by atoms with Crippen LogP contribution < -0.4 is 10.5 Å². The fraction of sp³-hybridized carbons (Fsp3) is 0.200. The van der Waals surface area contributed by atoms with Crippen molar-refractivity contribution in [1.29, 1.82) is 0 Å². The van der Waals surface area contributed by atoms with Gasteiger partial charge in [-0.15, -0.1) is 0 Å². The molecule has 1 atom stereocenters. The van der Waals surface area contributed by atoms with Crippen molar-refractivity contribution in [3.05, 3.63) is 63.4 Å². The maximum Gasteiger partial charge on any atom is 0.146 e. The molecule has 0 aliphatic carbocycles. The summed E-state index contributed by atoms with van der Waals surface area (Å²) in [6.45, 7) is 1.35. The maximum absolute atomic E-state index is 13.8. The Morgan fingerprint density at radius 1 is 1.19 bits per heavy atom. The van der Waals surface area contributed by atoms with Crippen LogP contribution in [-0.4, -0.2) is 0 Å². The van der Waals surface area contributed by atoms with Gasteiger partial charge in [0.2, 0.25) is 0 Å². The summed E-state index contributed by atoms with van der Waals surface area (Å²) in [6, 6.07) is 5.79. The van der Waals surface area contributed by atoms with Crippen LogP contribution in [0.15, 0.2) is 34.8 Å². The van der Waals surface area contributed by atoms with Crippen molar-refractivity contribution in [3.8, 4) is 5.75 Å². The molecule has 0 saturated carbocycles. The van der Waals surface area contributed by atoms with Crippen molar-refractivity contribution < 1.29 is 17.9 Å². The highest BCUT2D eigenvalue weighted by atomic mass is 79.9. The summed E-state index contributed by atoms with van der Waals surface area (Å²) in [5.41, 5.74) is 5.97. The van der Waals surface area contributed by atoms with Crippen molar-refractivity contribution in [1.82, 2.24) is 0 Å². The minimum Gasteiger partial charge on any atom is -0.488 e. The Morgan fingerprint density at radius 2 is 1.90 bits per heavy atom. The molecule has 0 spiro atoms. The second-order valence-corrected chi connectivity index (χ2v) is 5.44. The van der Waals surface area contributed by atoms with Gasteiger partial charge in [-0.3, -0.25) is 0 Å². The van der Waals surface area contributed by atoms with E-state index in [0.29, 0.717) is 11.3 Å². The lowest BCUT2D eigenvalue weighted by Crippen LogP contribution is -2.09. The van der Waals surface area contributed by atoms with Gasteiger partial charge in [-0.2, -0.15) is 0 Å². The molecule has 0 heterocycles. The van der Waals surface area contributed by atoms with E-state index in [-0.39, 0.29) is 16.6 Å². The molecule has 0 aromatic heterocycles. The second kappa shape index (κ2) is 6.49. The normalized spacial score (nSPS) is 12.3. The van der Waals surface area contributed by atoms with E-state index in [1.54, 1.807) is 6.92 Å². The van der Waals surface area contributed by atoms with Gasteiger partial charge in [-0.05, 0) is 53.2 Å². The predicted octanol–water partition coefficient (Wildman–Crippen LogP) is 4.47. The molecule has 0 saturated heterocycles. The number of rotatable bonds is 4. The lowest BCUT2D eigenvalue weighted by atomic mass is 10.1. The largest absolute Gasteiger partial charge is 0.488 e. The van der Waals surface area contributed by atoms with E-state index in [1.165, 1.54) is 24.3 Å². The molecule has 2 rings (SSSR count). The van der Waals surface area contributed by atoms with Gasteiger partial charge in [0.1, 0.15) is 29.8 Å². The van der Waals surface area contributed by atoms with E-state index in [9.17, 15) is 13.2 Å². The highest BCUT2D eigenvalue weighted by Gasteiger charge is 2.15. The molecule has 2 nitrogen and oxygen atoms in total. The maximum atomic E-state index is 13.8. The standard InChI is InChI=1S/C15H13BrF3NO/c1-8(20)10-6-9(17)2-5-14(10)21-7-11-13(18)4-3-12(16)15(11)19/h2-6,8H,7,20H2,1H3/t8-/m0/s1. The van der Waals surface area contributed by atoms with Gasteiger partial charge in [0.05, 0.1) is 10.0 Å². The Morgan fingerprint density at radius 3 is 2.57 bits per heavy atom. The van der Waals surface area contributed by atoms with Crippen molar-refractivity contribution in [2.45, 2.75) is 19.6 Å². The lowest BCUT2D eigenvalue weighted by molar-refractivity contribution is 0.287.